The van der Waals surface area contributed by atoms with Gasteiger partial charge in [0.2, 0.25) is 0 Å². The number of hydrogen-bond acceptors (Lipinski definition) is 2. The Kier molecular flexibility index (Phi) is 2.00. The van der Waals surface area contributed by atoms with Gasteiger partial charge in [0.05, 0.1) is 0 Å². The number of pyridine rings is 1. The summed E-state index contributed by atoms with van der Waals surface area (Å²) in [5.74, 6) is 0. The molecule has 12 heavy (non-hydrogen) atoms. The van der Waals surface area contributed by atoms with Crippen LogP contribution >= 0.6 is 11.8 Å². The van der Waals surface area contributed by atoms with Gasteiger partial charge in [-0.05, 0) is 17.7 Å². The molecule has 0 bridgehead atoms. The predicted octanol–water partition coefficient (Wildman–Crippen LogP) is 2.96. The van der Waals surface area contributed by atoms with Gasteiger partial charge in [0.1, 0.15) is 5.03 Å². The van der Waals surface area contributed by atoms with E-state index in [9.17, 15) is 0 Å². The van der Waals surface area contributed by atoms with E-state index < -0.39 is 0 Å². The first kappa shape index (κ1) is 7.62. The molecule has 0 atom stereocenters. The van der Waals surface area contributed by atoms with Crippen LogP contribution in [0, 0.1) is 0 Å². The monoisotopic (exact) mass is 175 g/mol. The quantitative estimate of drug-likeness (QED) is 0.618. The fourth-order valence-electron chi connectivity index (χ4n) is 1.25. The van der Waals surface area contributed by atoms with Crippen molar-refractivity contribution in [3.8, 4) is 0 Å². The average Bonchev–Trinajstić information content (AvgIpc) is 2.17. The minimum Gasteiger partial charge on any atom is -0.249 e. The summed E-state index contributed by atoms with van der Waals surface area (Å²) in [5.41, 5.74) is 0. The van der Waals surface area contributed by atoms with Gasteiger partial charge in [0.15, 0.2) is 0 Å². The first-order chi connectivity index (χ1) is 5.92. The summed E-state index contributed by atoms with van der Waals surface area (Å²) in [6, 6.07) is 10.3. The van der Waals surface area contributed by atoms with E-state index in [4.69, 9.17) is 0 Å². The second kappa shape index (κ2) is 3.15. The zero-order chi connectivity index (χ0) is 8.39. The Bertz CT molecular complexity index is 392. The Morgan fingerprint density at radius 3 is 2.83 bits per heavy atom. The Morgan fingerprint density at radius 1 is 1.17 bits per heavy atom. The summed E-state index contributed by atoms with van der Waals surface area (Å²) < 4.78 is 0. The fraction of sp³-hybridized carbons (Fsp3) is 0.100. The van der Waals surface area contributed by atoms with E-state index in [1.807, 2.05) is 24.4 Å². The van der Waals surface area contributed by atoms with Crippen molar-refractivity contribution in [3.05, 3.63) is 36.5 Å². The molecule has 0 spiro atoms. The Labute approximate surface area is 75.8 Å². The highest BCUT2D eigenvalue weighted by Crippen LogP contribution is 2.22. The molecule has 2 rings (SSSR count). The first-order valence-electron chi connectivity index (χ1n) is 3.79. The van der Waals surface area contributed by atoms with E-state index in [-0.39, 0.29) is 0 Å². The van der Waals surface area contributed by atoms with Gasteiger partial charge in [0, 0.05) is 11.6 Å². The standard InChI is InChI=1S/C10H9NS/c1-12-10-9-5-3-2-4-8(9)6-7-11-10/h2-7H,1H3. The number of thioether (sulfide) groups is 1. The van der Waals surface area contributed by atoms with Crippen molar-refractivity contribution in [1.82, 2.24) is 4.98 Å². The third-order valence-electron chi connectivity index (χ3n) is 1.83. The van der Waals surface area contributed by atoms with Crippen LogP contribution in [-0.4, -0.2) is 11.2 Å². The molecule has 0 amide bonds. The maximum absolute atomic E-state index is 4.29. The van der Waals surface area contributed by atoms with E-state index in [2.05, 4.69) is 23.4 Å². The molecule has 0 fully saturated rings. The summed E-state index contributed by atoms with van der Waals surface area (Å²) in [7, 11) is 0. The molecule has 0 aliphatic heterocycles. The topological polar surface area (TPSA) is 12.9 Å². The van der Waals surface area contributed by atoms with Crippen LogP contribution in [0.5, 0.6) is 0 Å². The molecule has 0 saturated heterocycles. The second-order valence-corrected chi connectivity index (χ2v) is 3.34. The molecule has 0 N–H and O–H groups in total. The van der Waals surface area contributed by atoms with E-state index in [0.29, 0.717) is 0 Å². The van der Waals surface area contributed by atoms with Crippen LogP contribution in [-0.2, 0) is 0 Å². The largest absolute Gasteiger partial charge is 0.249 e. The Morgan fingerprint density at radius 2 is 2.00 bits per heavy atom. The average molecular weight is 175 g/mol. The van der Waals surface area contributed by atoms with Crippen molar-refractivity contribution in [2.45, 2.75) is 5.03 Å². The molecular formula is C10H9NS. The molecule has 1 aromatic carbocycles. The van der Waals surface area contributed by atoms with E-state index in [1.165, 1.54) is 10.8 Å². The second-order valence-electron chi connectivity index (χ2n) is 2.54. The van der Waals surface area contributed by atoms with Gasteiger partial charge in [-0.2, -0.15) is 0 Å². The summed E-state index contributed by atoms with van der Waals surface area (Å²) in [6.45, 7) is 0. The summed E-state index contributed by atoms with van der Waals surface area (Å²) >= 11 is 1.69. The molecule has 1 heterocycles. The van der Waals surface area contributed by atoms with Gasteiger partial charge in [-0.3, -0.25) is 0 Å². The van der Waals surface area contributed by atoms with Crippen LogP contribution in [0.15, 0.2) is 41.6 Å². The molecule has 2 heteroatoms. The van der Waals surface area contributed by atoms with Crippen LogP contribution in [0.4, 0.5) is 0 Å². The van der Waals surface area contributed by atoms with Crippen molar-refractivity contribution in [2.24, 2.45) is 0 Å². The summed E-state index contributed by atoms with van der Waals surface area (Å²) in [5, 5.41) is 3.61. The predicted molar refractivity (Wildman–Crippen MR) is 53.5 cm³/mol. The van der Waals surface area contributed by atoms with Crippen LogP contribution in [0.3, 0.4) is 0 Å². The molecule has 1 nitrogen and oxygen atoms in total. The van der Waals surface area contributed by atoms with Gasteiger partial charge in [-0.1, -0.05) is 24.3 Å². The minimum atomic E-state index is 1.10. The van der Waals surface area contributed by atoms with Crippen LogP contribution < -0.4 is 0 Å². The number of benzene rings is 1. The number of aromatic nitrogens is 1. The van der Waals surface area contributed by atoms with Gasteiger partial charge in [-0.15, -0.1) is 11.8 Å². The highest BCUT2D eigenvalue weighted by Gasteiger charge is 1.97. The molecule has 0 aliphatic carbocycles. The SMILES string of the molecule is CSc1nccc2ccccc12. The fourth-order valence-corrected chi connectivity index (χ4v) is 1.83. The van der Waals surface area contributed by atoms with Gasteiger partial charge in [0.25, 0.3) is 0 Å². The third-order valence-corrected chi connectivity index (χ3v) is 2.54. The van der Waals surface area contributed by atoms with Crippen LogP contribution in [0.1, 0.15) is 0 Å². The lowest BCUT2D eigenvalue weighted by Crippen LogP contribution is -1.80. The van der Waals surface area contributed by atoms with Crippen LogP contribution in [0.2, 0.25) is 0 Å². The molecule has 0 radical (unpaired) electrons. The number of fused-ring (bicyclic) bond motifs is 1. The van der Waals surface area contributed by atoms with Crippen molar-refractivity contribution in [1.29, 1.82) is 0 Å². The van der Waals surface area contributed by atoms with E-state index >= 15 is 0 Å². The minimum absolute atomic E-state index is 1.10. The molecular weight excluding hydrogens is 166 g/mol. The Hall–Kier alpha value is -1.02. The summed E-state index contributed by atoms with van der Waals surface area (Å²) in [4.78, 5) is 4.29. The van der Waals surface area contributed by atoms with Crippen molar-refractivity contribution >= 4 is 22.5 Å². The lowest BCUT2D eigenvalue weighted by atomic mass is 10.2. The van der Waals surface area contributed by atoms with Gasteiger partial charge >= 0.3 is 0 Å². The van der Waals surface area contributed by atoms with Crippen molar-refractivity contribution in [2.75, 3.05) is 6.26 Å². The number of nitrogens with zero attached hydrogens (tertiary/aromatic N) is 1. The van der Waals surface area contributed by atoms with Crippen molar-refractivity contribution in [3.63, 3.8) is 0 Å². The van der Waals surface area contributed by atoms with E-state index in [0.717, 1.165) is 5.03 Å². The van der Waals surface area contributed by atoms with Crippen molar-refractivity contribution < 1.29 is 0 Å². The highest BCUT2D eigenvalue weighted by molar-refractivity contribution is 7.98. The first-order valence-corrected chi connectivity index (χ1v) is 5.02. The van der Waals surface area contributed by atoms with Gasteiger partial charge < -0.3 is 0 Å². The number of hydrogen-bond donors (Lipinski definition) is 0. The zero-order valence-corrected chi connectivity index (χ0v) is 7.64. The molecule has 60 valence electrons. The lowest BCUT2D eigenvalue weighted by Gasteiger charge is -2.00. The molecule has 2 aromatic rings. The maximum Gasteiger partial charge on any atom is 0.104 e. The van der Waals surface area contributed by atoms with Gasteiger partial charge in [-0.25, -0.2) is 4.98 Å². The maximum atomic E-state index is 4.29. The normalized spacial score (nSPS) is 10.4. The molecule has 0 aliphatic rings. The smallest absolute Gasteiger partial charge is 0.104 e. The lowest BCUT2D eigenvalue weighted by molar-refractivity contribution is 1.18. The molecule has 0 saturated carbocycles. The summed E-state index contributed by atoms with van der Waals surface area (Å²) in [6.07, 6.45) is 3.91. The van der Waals surface area contributed by atoms with E-state index in [1.54, 1.807) is 11.8 Å². The zero-order valence-electron chi connectivity index (χ0n) is 6.82. The molecule has 1 aromatic heterocycles. The highest BCUT2D eigenvalue weighted by atomic mass is 32.2. The third kappa shape index (κ3) is 1.18. The number of rotatable bonds is 1. The Balaban J connectivity index is 2.79. The molecule has 0 unspecified atom stereocenters. The van der Waals surface area contributed by atoms with Crippen LogP contribution in [0.25, 0.3) is 10.8 Å².